The van der Waals surface area contributed by atoms with Crippen LogP contribution in [-0.2, 0) is 0 Å². The van der Waals surface area contributed by atoms with Crippen molar-refractivity contribution in [2.45, 2.75) is 6.04 Å². The van der Waals surface area contributed by atoms with Crippen molar-refractivity contribution in [3.05, 3.63) is 59.7 Å². The zero-order valence-electron chi connectivity index (χ0n) is 12.0. The van der Waals surface area contributed by atoms with Crippen LogP contribution in [0.25, 0.3) is 0 Å². The second-order valence-electron chi connectivity index (χ2n) is 4.80. The molecule has 1 unspecified atom stereocenters. The van der Waals surface area contributed by atoms with Crippen LogP contribution in [0.4, 0.5) is 14.5 Å². The predicted molar refractivity (Wildman–Crippen MR) is 79.6 cm³/mol. The smallest absolute Gasteiger partial charge is 0.163 e. The van der Waals surface area contributed by atoms with Crippen molar-refractivity contribution in [3.8, 4) is 5.75 Å². The Hall–Kier alpha value is -2.14. The van der Waals surface area contributed by atoms with E-state index < -0.39 is 17.7 Å². The Morgan fingerprint density at radius 3 is 2.57 bits per heavy atom. The molecule has 0 aliphatic carbocycles. The van der Waals surface area contributed by atoms with E-state index in [1.165, 1.54) is 12.1 Å². The molecule has 0 fully saturated rings. The van der Waals surface area contributed by atoms with E-state index in [-0.39, 0.29) is 5.56 Å². The lowest BCUT2D eigenvalue weighted by atomic mass is 10.1. The van der Waals surface area contributed by atoms with Gasteiger partial charge in [0, 0.05) is 19.2 Å². The topological polar surface area (TPSA) is 38.5 Å². The lowest BCUT2D eigenvalue weighted by Crippen LogP contribution is -2.30. The largest absolute Gasteiger partial charge is 0.495 e. The van der Waals surface area contributed by atoms with Crippen molar-refractivity contribution in [1.29, 1.82) is 0 Å². The van der Waals surface area contributed by atoms with Crippen molar-refractivity contribution >= 4 is 5.69 Å². The van der Waals surface area contributed by atoms with E-state index >= 15 is 0 Å². The van der Waals surface area contributed by atoms with Gasteiger partial charge >= 0.3 is 0 Å². The van der Waals surface area contributed by atoms with Gasteiger partial charge in [-0.05, 0) is 18.2 Å². The summed E-state index contributed by atoms with van der Waals surface area (Å²) in [5.41, 5.74) is 7.01. The maximum Gasteiger partial charge on any atom is 0.163 e. The Morgan fingerprint density at radius 2 is 1.86 bits per heavy atom. The third-order valence-electron chi connectivity index (χ3n) is 3.35. The normalized spacial score (nSPS) is 12.0. The number of anilines is 1. The van der Waals surface area contributed by atoms with Gasteiger partial charge in [0.05, 0.1) is 18.8 Å². The first kappa shape index (κ1) is 15.3. The van der Waals surface area contributed by atoms with Crippen LogP contribution in [0.1, 0.15) is 11.6 Å². The number of nitrogens with zero attached hydrogens (tertiary/aromatic N) is 1. The number of rotatable bonds is 5. The monoisotopic (exact) mass is 292 g/mol. The van der Waals surface area contributed by atoms with E-state index in [9.17, 15) is 8.78 Å². The van der Waals surface area contributed by atoms with Gasteiger partial charge in [-0.25, -0.2) is 8.78 Å². The molecule has 0 bridgehead atoms. The average molecular weight is 292 g/mol. The van der Waals surface area contributed by atoms with Crippen LogP contribution in [0.15, 0.2) is 42.5 Å². The fourth-order valence-electron chi connectivity index (χ4n) is 2.24. The predicted octanol–water partition coefficient (Wildman–Crippen LogP) is 3.11. The van der Waals surface area contributed by atoms with E-state index in [0.717, 1.165) is 11.8 Å². The zero-order valence-corrected chi connectivity index (χ0v) is 12.0. The van der Waals surface area contributed by atoms with E-state index in [1.807, 2.05) is 36.2 Å². The molecule has 0 amide bonds. The molecule has 0 spiro atoms. The van der Waals surface area contributed by atoms with Crippen LogP contribution in [0.5, 0.6) is 5.75 Å². The number of likely N-dealkylation sites (N-methyl/N-ethyl adjacent to an activating group) is 1. The van der Waals surface area contributed by atoms with Gasteiger partial charge in [0.25, 0.3) is 0 Å². The summed E-state index contributed by atoms with van der Waals surface area (Å²) in [5, 5.41) is 0. The van der Waals surface area contributed by atoms with Crippen molar-refractivity contribution < 1.29 is 13.5 Å². The summed E-state index contributed by atoms with van der Waals surface area (Å²) in [5.74, 6) is -1.08. The molecule has 1 atom stereocenters. The van der Waals surface area contributed by atoms with Crippen LogP contribution in [0, 0.1) is 11.6 Å². The molecule has 21 heavy (non-hydrogen) atoms. The lowest BCUT2D eigenvalue weighted by Gasteiger charge is -2.25. The van der Waals surface area contributed by atoms with Crippen LogP contribution >= 0.6 is 0 Å². The Morgan fingerprint density at radius 1 is 1.14 bits per heavy atom. The summed E-state index contributed by atoms with van der Waals surface area (Å²) < 4.78 is 32.3. The molecule has 2 rings (SSSR count). The van der Waals surface area contributed by atoms with Crippen LogP contribution in [0.2, 0.25) is 0 Å². The van der Waals surface area contributed by atoms with Gasteiger partial charge in [0.15, 0.2) is 11.6 Å². The zero-order chi connectivity index (χ0) is 15.4. The summed E-state index contributed by atoms with van der Waals surface area (Å²) in [6.45, 7) is 0.334. The number of hydrogen-bond donors (Lipinski definition) is 1. The van der Waals surface area contributed by atoms with E-state index in [4.69, 9.17) is 10.5 Å². The highest BCUT2D eigenvalue weighted by atomic mass is 19.2. The molecule has 0 saturated heterocycles. The fourth-order valence-corrected chi connectivity index (χ4v) is 2.24. The first-order valence-corrected chi connectivity index (χ1v) is 6.58. The minimum Gasteiger partial charge on any atom is -0.495 e. The summed E-state index contributed by atoms with van der Waals surface area (Å²) in [6, 6.07) is 10.8. The molecule has 2 N–H and O–H groups in total. The summed E-state index contributed by atoms with van der Waals surface area (Å²) in [7, 11) is 3.41. The summed E-state index contributed by atoms with van der Waals surface area (Å²) >= 11 is 0. The third-order valence-corrected chi connectivity index (χ3v) is 3.35. The van der Waals surface area contributed by atoms with Crippen LogP contribution in [0.3, 0.4) is 0 Å². The molecule has 112 valence electrons. The molecular formula is C16H18F2N2O. The van der Waals surface area contributed by atoms with Crippen molar-refractivity contribution in [2.75, 3.05) is 25.6 Å². The third kappa shape index (κ3) is 3.31. The van der Waals surface area contributed by atoms with Gasteiger partial charge in [-0.1, -0.05) is 24.3 Å². The highest BCUT2D eigenvalue weighted by molar-refractivity contribution is 5.58. The molecule has 0 aliphatic heterocycles. The van der Waals surface area contributed by atoms with Gasteiger partial charge in [0.2, 0.25) is 0 Å². The van der Waals surface area contributed by atoms with E-state index in [1.54, 1.807) is 7.11 Å². The van der Waals surface area contributed by atoms with Gasteiger partial charge < -0.3 is 15.4 Å². The summed E-state index contributed by atoms with van der Waals surface area (Å²) in [4.78, 5) is 1.86. The number of benzene rings is 2. The Labute approximate surface area is 122 Å². The van der Waals surface area contributed by atoms with Crippen molar-refractivity contribution in [2.24, 2.45) is 5.73 Å². The minimum absolute atomic E-state index is 0.164. The second kappa shape index (κ2) is 6.54. The van der Waals surface area contributed by atoms with E-state index in [0.29, 0.717) is 12.3 Å². The molecule has 0 heterocycles. The SMILES string of the molecule is COc1ccccc1N(C)CC(N)c1cccc(F)c1F. The van der Waals surface area contributed by atoms with Gasteiger partial charge in [0.1, 0.15) is 5.75 Å². The average Bonchev–Trinajstić information content (AvgIpc) is 2.49. The molecule has 0 saturated carbocycles. The number of nitrogens with two attached hydrogens (primary N) is 1. The molecule has 0 aliphatic rings. The maximum atomic E-state index is 13.8. The van der Waals surface area contributed by atoms with Crippen LogP contribution < -0.4 is 15.4 Å². The van der Waals surface area contributed by atoms with Crippen molar-refractivity contribution in [3.63, 3.8) is 0 Å². The highest BCUT2D eigenvalue weighted by Crippen LogP contribution is 2.28. The summed E-state index contributed by atoms with van der Waals surface area (Å²) in [6.07, 6.45) is 0. The first-order valence-electron chi connectivity index (χ1n) is 6.58. The lowest BCUT2D eigenvalue weighted by molar-refractivity contribution is 0.414. The Bertz CT molecular complexity index is 619. The quantitative estimate of drug-likeness (QED) is 0.920. The van der Waals surface area contributed by atoms with Crippen LogP contribution in [-0.4, -0.2) is 20.7 Å². The number of ether oxygens (including phenoxy) is 1. The standard InChI is InChI=1S/C16H18F2N2O/c1-20(14-8-3-4-9-15(14)21-2)10-13(19)11-6-5-7-12(17)16(11)18/h3-9,13H,10,19H2,1-2H3. The highest BCUT2D eigenvalue weighted by Gasteiger charge is 2.17. The number of methoxy groups -OCH3 is 1. The minimum atomic E-state index is -0.890. The fraction of sp³-hybridized carbons (Fsp3) is 0.250. The molecule has 5 heteroatoms. The number of hydrogen-bond acceptors (Lipinski definition) is 3. The Balaban J connectivity index is 2.19. The first-order chi connectivity index (χ1) is 10.0. The molecule has 2 aromatic rings. The molecule has 0 aromatic heterocycles. The maximum absolute atomic E-state index is 13.8. The Kier molecular flexibility index (Phi) is 4.75. The molecule has 3 nitrogen and oxygen atoms in total. The van der Waals surface area contributed by atoms with E-state index in [2.05, 4.69) is 0 Å². The second-order valence-corrected chi connectivity index (χ2v) is 4.80. The van der Waals surface area contributed by atoms with Crippen molar-refractivity contribution in [1.82, 2.24) is 0 Å². The number of halogens is 2. The van der Waals surface area contributed by atoms with Gasteiger partial charge in [-0.2, -0.15) is 0 Å². The van der Waals surface area contributed by atoms with Gasteiger partial charge in [-0.15, -0.1) is 0 Å². The molecule has 0 radical (unpaired) electrons. The number of para-hydroxylation sites is 2. The van der Waals surface area contributed by atoms with Gasteiger partial charge in [-0.3, -0.25) is 0 Å². The molecular weight excluding hydrogens is 274 g/mol. The molecule has 2 aromatic carbocycles.